The first-order valence-electron chi connectivity index (χ1n) is 8.74. The van der Waals surface area contributed by atoms with Crippen LogP contribution >= 0.6 is 0 Å². The molecule has 5 heteroatoms. The normalized spacial score (nSPS) is 25.3. The first-order chi connectivity index (χ1) is 11.6. The second kappa shape index (κ2) is 6.04. The number of pyridine rings is 1. The van der Waals surface area contributed by atoms with Gasteiger partial charge in [0.1, 0.15) is 12.3 Å². The summed E-state index contributed by atoms with van der Waals surface area (Å²) in [6, 6.07) is 6.97. The molecule has 0 saturated heterocycles. The summed E-state index contributed by atoms with van der Waals surface area (Å²) in [7, 11) is 0. The summed E-state index contributed by atoms with van der Waals surface area (Å²) in [5.41, 5.74) is 1.79. The van der Waals surface area contributed by atoms with Crippen LogP contribution in [0.2, 0.25) is 0 Å². The average Bonchev–Trinajstić information content (AvgIpc) is 3.15. The minimum absolute atomic E-state index is 0.0688. The molecule has 0 N–H and O–H groups in total. The molecule has 2 aromatic rings. The van der Waals surface area contributed by atoms with E-state index in [9.17, 15) is 9.59 Å². The van der Waals surface area contributed by atoms with Gasteiger partial charge in [0.15, 0.2) is 0 Å². The van der Waals surface area contributed by atoms with Gasteiger partial charge in [0, 0.05) is 18.2 Å². The zero-order valence-electron chi connectivity index (χ0n) is 13.9. The van der Waals surface area contributed by atoms with Gasteiger partial charge in [0.2, 0.25) is 0 Å². The maximum absolute atomic E-state index is 12.2. The highest BCUT2D eigenvalue weighted by Crippen LogP contribution is 2.49. The molecule has 0 aromatic carbocycles. The molecule has 2 fully saturated rings. The molecule has 126 valence electrons. The van der Waals surface area contributed by atoms with Crippen LogP contribution in [0.1, 0.15) is 43.5 Å². The van der Waals surface area contributed by atoms with Gasteiger partial charge in [-0.2, -0.15) is 0 Å². The predicted octanol–water partition coefficient (Wildman–Crippen LogP) is 2.87. The molecule has 2 aliphatic carbocycles. The lowest BCUT2D eigenvalue weighted by Crippen LogP contribution is -2.19. The third kappa shape index (κ3) is 2.83. The maximum atomic E-state index is 12.2. The van der Waals surface area contributed by atoms with Gasteiger partial charge in [-0.05, 0) is 56.1 Å². The standard InChI is InChI=1S/C19H22N2O3/c1-12-3-2-4-17-20-16(10-18(22)21(12)17)11-24-19(23)9-15-8-13-5-6-14(15)7-13/h2-4,10,13-15H,5-9,11H2,1H3/t13-,14+,15+/m0/s1. The number of aromatic nitrogens is 2. The number of hydrogen-bond donors (Lipinski definition) is 0. The summed E-state index contributed by atoms with van der Waals surface area (Å²) >= 11 is 0. The number of aryl methyl sites for hydroxylation is 1. The maximum Gasteiger partial charge on any atom is 0.306 e. The Bertz CT molecular complexity index is 842. The number of rotatable bonds is 4. The highest BCUT2D eigenvalue weighted by molar-refractivity contribution is 5.69. The molecule has 0 unspecified atom stereocenters. The van der Waals surface area contributed by atoms with Crippen molar-refractivity contribution in [3.63, 3.8) is 0 Å². The molecule has 0 spiro atoms. The first kappa shape index (κ1) is 15.4. The number of fused-ring (bicyclic) bond motifs is 3. The van der Waals surface area contributed by atoms with Crippen molar-refractivity contribution in [3.05, 3.63) is 46.0 Å². The second-order valence-corrected chi connectivity index (χ2v) is 7.25. The van der Waals surface area contributed by atoms with E-state index < -0.39 is 0 Å². The van der Waals surface area contributed by atoms with Crippen molar-refractivity contribution in [2.24, 2.45) is 17.8 Å². The largest absolute Gasteiger partial charge is 0.459 e. The van der Waals surface area contributed by atoms with Gasteiger partial charge < -0.3 is 4.74 Å². The molecule has 0 amide bonds. The summed E-state index contributed by atoms with van der Waals surface area (Å²) in [6.07, 6.45) is 5.58. The average molecular weight is 326 g/mol. The molecule has 2 aliphatic rings. The smallest absolute Gasteiger partial charge is 0.306 e. The van der Waals surface area contributed by atoms with Gasteiger partial charge in [-0.1, -0.05) is 12.5 Å². The summed E-state index contributed by atoms with van der Waals surface area (Å²) in [4.78, 5) is 28.8. The summed E-state index contributed by atoms with van der Waals surface area (Å²) in [5, 5.41) is 0. The van der Waals surface area contributed by atoms with E-state index in [1.807, 2.05) is 19.1 Å². The van der Waals surface area contributed by atoms with Crippen molar-refractivity contribution in [2.45, 2.75) is 45.6 Å². The Morgan fingerprint density at radius 1 is 1.33 bits per heavy atom. The molecule has 3 atom stereocenters. The first-order valence-corrected chi connectivity index (χ1v) is 8.74. The molecule has 2 bridgehead atoms. The predicted molar refractivity (Wildman–Crippen MR) is 89.6 cm³/mol. The second-order valence-electron chi connectivity index (χ2n) is 7.25. The van der Waals surface area contributed by atoms with Crippen LogP contribution in [-0.2, 0) is 16.1 Å². The lowest BCUT2D eigenvalue weighted by Gasteiger charge is -2.20. The minimum atomic E-state index is -0.168. The van der Waals surface area contributed by atoms with Gasteiger partial charge >= 0.3 is 5.97 Å². The van der Waals surface area contributed by atoms with Crippen molar-refractivity contribution < 1.29 is 9.53 Å². The molecule has 0 aliphatic heterocycles. The third-order valence-electron chi connectivity index (χ3n) is 5.63. The number of nitrogens with zero attached hydrogens (tertiary/aromatic N) is 2. The van der Waals surface area contributed by atoms with Gasteiger partial charge in [-0.15, -0.1) is 0 Å². The Kier molecular flexibility index (Phi) is 3.87. The zero-order chi connectivity index (χ0) is 16.7. The van der Waals surface area contributed by atoms with Crippen LogP contribution in [0, 0.1) is 24.7 Å². The van der Waals surface area contributed by atoms with E-state index in [0.717, 1.165) is 11.6 Å². The van der Waals surface area contributed by atoms with Crippen molar-refractivity contribution in [1.82, 2.24) is 9.38 Å². The SMILES string of the molecule is Cc1cccc2nc(COC(=O)C[C@H]3C[C@H]4CC[C@@H]3C4)cc(=O)n12. The Balaban J connectivity index is 1.41. The van der Waals surface area contributed by atoms with Gasteiger partial charge in [0.25, 0.3) is 5.56 Å². The Labute approximate surface area is 140 Å². The van der Waals surface area contributed by atoms with Crippen LogP contribution in [-0.4, -0.2) is 15.4 Å². The highest BCUT2D eigenvalue weighted by atomic mass is 16.5. The van der Waals surface area contributed by atoms with E-state index in [0.29, 0.717) is 29.6 Å². The van der Waals surface area contributed by atoms with Crippen LogP contribution in [0.15, 0.2) is 29.1 Å². The lowest BCUT2D eigenvalue weighted by molar-refractivity contribution is -0.146. The summed E-state index contributed by atoms with van der Waals surface area (Å²) in [5.74, 6) is 1.88. The molecule has 4 rings (SSSR count). The zero-order valence-corrected chi connectivity index (χ0v) is 13.9. The van der Waals surface area contributed by atoms with E-state index >= 15 is 0 Å². The molecule has 5 nitrogen and oxygen atoms in total. The number of ether oxygens (including phenoxy) is 1. The monoisotopic (exact) mass is 326 g/mol. The van der Waals surface area contributed by atoms with Crippen LogP contribution < -0.4 is 5.56 Å². The van der Waals surface area contributed by atoms with Crippen LogP contribution in [0.3, 0.4) is 0 Å². The summed E-state index contributed by atoms with van der Waals surface area (Å²) in [6.45, 7) is 1.93. The summed E-state index contributed by atoms with van der Waals surface area (Å²) < 4.78 is 6.94. The fourth-order valence-electron chi connectivity index (χ4n) is 4.49. The molecule has 2 heterocycles. The van der Waals surface area contributed by atoms with Crippen molar-refractivity contribution in [2.75, 3.05) is 0 Å². The van der Waals surface area contributed by atoms with E-state index in [2.05, 4.69) is 4.98 Å². The fraction of sp³-hybridized carbons (Fsp3) is 0.526. The number of esters is 1. The van der Waals surface area contributed by atoms with E-state index in [-0.39, 0.29) is 18.1 Å². The minimum Gasteiger partial charge on any atom is -0.459 e. The fourth-order valence-corrected chi connectivity index (χ4v) is 4.49. The van der Waals surface area contributed by atoms with Gasteiger partial charge in [-0.3, -0.25) is 14.0 Å². The lowest BCUT2D eigenvalue weighted by atomic mass is 9.86. The van der Waals surface area contributed by atoms with E-state index in [1.165, 1.54) is 31.7 Å². The third-order valence-corrected chi connectivity index (χ3v) is 5.63. The number of hydrogen-bond acceptors (Lipinski definition) is 4. The quantitative estimate of drug-likeness (QED) is 0.811. The number of carbonyl (C=O) groups excluding carboxylic acids is 1. The van der Waals surface area contributed by atoms with Gasteiger partial charge in [-0.25, -0.2) is 4.98 Å². The highest BCUT2D eigenvalue weighted by Gasteiger charge is 2.40. The van der Waals surface area contributed by atoms with Crippen molar-refractivity contribution in [3.8, 4) is 0 Å². The molecular formula is C19H22N2O3. The van der Waals surface area contributed by atoms with Crippen LogP contribution in [0.25, 0.3) is 5.65 Å². The molecule has 2 aromatic heterocycles. The molecule has 0 radical (unpaired) electrons. The van der Waals surface area contributed by atoms with Crippen molar-refractivity contribution >= 4 is 11.6 Å². The molecule has 2 saturated carbocycles. The molecule has 24 heavy (non-hydrogen) atoms. The van der Waals surface area contributed by atoms with E-state index in [4.69, 9.17) is 4.74 Å². The van der Waals surface area contributed by atoms with Gasteiger partial charge in [0.05, 0.1) is 5.69 Å². The Morgan fingerprint density at radius 2 is 2.21 bits per heavy atom. The Morgan fingerprint density at radius 3 is 2.96 bits per heavy atom. The van der Waals surface area contributed by atoms with Crippen LogP contribution in [0.5, 0.6) is 0 Å². The van der Waals surface area contributed by atoms with Crippen LogP contribution in [0.4, 0.5) is 0 Å². The van der Waals surface area contributed by atoms with Crippen molar-refractivity contribution in [1.29, 1.82) is 0 Å². The van der Waals surface area contributed by atoms with E-state index in [1.54, 1.807) is 10.5 Å². The Hall–Kier alpha value is -2.17. The topological polar surface area (TPSA) is 60.7 Å². The number of carbonyl (C=O) groups is 1. The molecular weight excluding hydrogens is 304 g/mol.